The van der Waals surface area contributed by atoms with Gasteiger partial charge >= 0.3 is 6.16 Å². The minimum absolute atomic E-state index is 0.215. The van der Waals surface area contributed by atoms with Crippen molar-refractivity contribution in [3.63, 3.8) is 0 Å². The minimum Gasteiger partial charge on any atom is -0.494 e. The van der Waals surface area contributed by atoms with Gasteiger partial charge in [-0.05, 0) is 61.5 Å². The van der Waals surface area contributed by atoms with Gasteiger partial charge in [-0.15, -0.1) is 0 Å². The monoisotopic (exact) mass is 715 g/mol. The summed E-state index contributed by atoms with van der Waals surface area (Å²) in [6, 6.07) is 14.7. The normalized spacial score (nSPS) is 13.6. The van der Waals surface area contributed by atoms with Crippen molar-refractivity contribution in [3.8, 4) is 5.75 Å². The number of unbranched alkanes of at least 4 members (excludes halogenated alkanes) is 12. The molecule has 0 aliphatic carbocycles. The van der Waals surface area contributed by atoms with E-state index in [0.717, 1.165) is 75.9 Å². The van der Waals surface area contributed by atoms with E-state index in [2.05, 4.69) is 16.7 Å². The zero-order chi connectivity index (χ0) is 34.7. The molecule has 0 bridgehead atoms. The lowest BCUT2D eigenvalue weighted by Gasteiger charge is -2.36. The fourth-order valence-corrected chi connectivity index (χ4v) is 6.74. The number of benzene rings is 2. The molecule has 0 amide bonds. The van der Waals surface area contributed by atoms with E-state index in [1.165, 1.54) is 68.4 Å². The van der Waals surface area contributed by atoms with Crippen LogP contribution in [0.5, 0.6) is 5.75 Å². The van der Waals surface area contributed by atoms with Crippen LogP contribution in [0.4, 0.5) is 10.5 Å². The third kappa shape index (κ3) is 13.4. The lowest BCUT2D eigenvalue weighted by Crippen LogP contribution is -2.46. The first-order valence-corrected chi connectivity index (χ1v) is 19.2. The molecule has 0 atom stereocenters. The van der Waals surface area contributed by atoms with E-state index in [1.54, 1.807) is 6.07 Å². The number of fused-ring (bicyclic) bond motifs is 1. The van der Waals surface area contributed by atoms with Crippen molar-refractivity contribution < 1.29 is 19.0 Å². The van der Waals surface area contributed by atoms with Gasteiger partial charge in [0.2, 0.25) is 0 Å². The Balaban J connectivity index is 1.09. The summed E-state index contributed by atoms with van der Waals surface area (Å²) in [6.07, 6.45) is 16.1. The third-order valence-electron chi connectivity index (χ3n) is 9.28. The number of pyridine rings is 1. The van der Waals surface area contributed by atoms with Crippen molar-refractivity contribution in [2.24, 2.45) is 0 Å². The molecule has 2 aromatic carbocycles. The summed E-state index contributed by atoms with van der Waals surface area (Å²) >= 11 is 12.6. The number of anilines is 1. The Morgan fingerprint density at radius 3 is 2.10 bits per heavy atom. The molecule has 0 spiro atoms. The summed E-state index contributed by atoms with van der Waals surface area (Å²) in [5.41, 5.74) is 1.40. The molecule has 0 saturated carbocycles. The first kappa shape index (κ1) is 38.9. The van der Waals surface area contributed by atoms with Crippen molar-refractivity contribution in [1.29, 1.82) is 0 Å². The second-order valence-corrected chi connectivity index (χ2v) is 13.8. The number of rotatable bonds is 22. The molecule has 1 aliphatic heterocycles. The summed E-state index contributed by atoms with van der Waals surface area (Å²) in [6.45, 7) is 7.71. The maximum Gasteiger partial charge on any atom is 0.510 e. The van der Waals surface area contributed by atoms with E-state index >= 15 is 0 Å². The van der Waals surface area contributed by atoms with Gasteiger partial charge in [-0.25, -0.2) is 4.79 Å². The van der Waals surface area contributed by atoms with E-state index in [0.29, 0.717) is 34.5 Å². The molecule has 8 nitrogen and oxygen atoms in total. The molecule has 1 fully saturated rings. The number of nitrogens with zero attached hydrogens (tertiary/aromatic N) is 3. The predicted molar refractivity (Wildman–Crippen MR) is 202 cm³/mol. The molecule has 10 heteroatoms. The van der Waals surface area contributed by atoms with Crippen LogP contribution in [-0.4, -0.2) is 61.6 Å². The molecule has 3 aromatic rings. The molecular weight excluding hydrogens is 661 g/mol. The summed E-state index contributed by atoms with van der Waals surface area (Å²) in [5, 5.41) is 2.07. The average Bonchev–Trinajstić information content (AvgIpc) is 3.11. The van der Waals surface area contributed by atoms with Crippen LogP contribution >= 0.6 is 23.2 Å². The first-order valence-electron chi connectivity index (χ1n) is 18.4. The van der Waals surface area contributed by atoms with Crippen LogP contribution in [0.25, 0.3) is 10.9 Å². The van der Waals surface area contributed by atoms with Crippen molar-refractivity contribution in [3.05, 3.63) is 68.9 Å². The number of ether oxygens (including phenoxy) is 3. The maximum atomic E-state index is 12.7. The number of hydrogen-bond acceptors (Lipinski definition) is 7. The van der Waals surface area contributed by atoms with Gasteiger partial charge in [-0.3, -0.25) is 14.3 Å². The lowest BCUT2D eigenvalue weighted by molar-refractivity contribution is 0.0331. The average molecular weight is 717 g/mol. The van der Waals surface area contributed by atoms with Gasteiger partial charge in [-0.1, -0.05) is 107 Å². The van der Waals surface area contributed by atoms with Gasteiger partial charge in [0.25, 0.3) is 5.56 Å². The molecule has 1 aliphatic rings. The quantitative estimate of drug-likeness (QED) is 0.0757. The molecule has 49 heavy (non-hydrogen) atoms. The van der Waals surface area contributed by atoms with E-state index < -0.39 is 6.16 Å². The smallest absolute Gasteiger partial charge is 0.494 e. The molecule has 270 valence electrons. The summed E-state index contributed by atoms with van der Waals surface area (Å²) in [7, 11) is 0. The van der Waals surface area contributed by atoms with Crippen molar-refractivity contribution >= 4 is 45.9 Å². The fraction of sp³-hybridized carbons (Fsp3) is 0.590. The summed E-state index contributed by atoms with van der Waals surface area (Å²) < 4.78 is 18.1. The lowest BCUT2D eigenvalue weighted by atomic mass is 10.1. The molecule has 4 rings (SSSR count). The van der Waals surface area contributed by atoms with Gasteiger partial charge in [0.05, 0.1) is 34.5 Å². The van der Waals surface area contributed by atoms with Crippen LogP contribution in [0.3, 0.4) is 0 Å². The second-order valence-electron chi connectivity index (χ2n) is 13.0. The zero-order valence-electron chi connectivity index (χ0n) is 29.3. The molecule has 2 heterocycles. The molecular formula is C39H55Cl2N3O5. The van der Waals surface area contributed by atoms with Crippen molar-refractivity contribution in [2.45, 2.75) is 104 Å². The fourth-order valence-electron chi connectivity index (χ4n) is 6.32. The number of hydrogen-bond donors (Lipinski definition) is 0. The highest BCUT2D eigenvalue weighted by Crippen LogP contribution is 2.33. The maximum absolute atomic E-state index is 12.7. The highest BCUT2D eigenvalue weighted by Gasteiger charge is 2.19. The van der Waals surface area contributed by atoms with E-state index in [9.17, 15) is 9.59 Å². The number of halogens is 2. The van der Waals surface area contributed by atoms with Crippen LogP contribution in [-0.2, 0) is 16.2 Å². The van der Waals surface area contributed by atoms with Gasteiger partial charge in [-0.2, -0.15) is 0 Å². The SMILES string of the molecule is CCCCCCCCCCCCCCOC(=O)OCn1c(=O)ccc2ccc(OCCCCN3CCN(c4cccc(Cl)c4Cl)CC3)cc21. The highest BCUT2D eigenvalue weighted by atomic mass is 35.5. The Hall–Kier alpha value is -2.94. The molecule has 1 saturated heterocycles. The van der Waals surface area contributed by atoms with Gasteiger partial charge in [0, 0.05) is 38.3 Å². The predicted octanol–water partition coefficient (Wildman–Crippen LogP) is 10.1. The number of aromatic nitrogens is 1. The van der Waals surface area contributed by atoms with Crippen LogP contribution in [0.2, 0.25) is 10.0 Å². The topological polar surface area (TPSA) is 73.2 Å². The van der Waals surface area contributed by atoms with Gasteiger partial charge in [0.15, 0.2) is 6.73 Å². The molecule has 1 aromatic heterocycles. The van der Waals surface area contributed by atoms with E-state index in [4.69, 9.17) is 37.4 Å². The van der Waals surface area contributed by atoms with Gasteiger partial charge in [0.1, 0.15) is 5.75 Å². The van der Waals surface area contributed by atoms with E-state index in [1.807, 2.05) is 36.4 Å². The summed E-state index contributed by atoms with van der Waals surface area (Å²) in [4.78, 5) is 29.7. The Morgan fingerprint density at radius 2 is 1.39 bits per heavy atom. The van der Waals surface area contributed by atoms with Crippen molar-refractivity contribution in [2.75, 3.05) is 50.8 Å². The first-order chi connectivity index (χ1) is 24.0. The van der Waals surface area contributed by atoms with Crippen LogP contribution in [0.1, 0.15) is 96.8 Å². The Kier molecular flexibility index (Phi) is 17.4. The second kappa shape index (κ2) is 22.0. The Bertz CT molecular complexity index is 1470. The van der Waals surface area contributed by atoms with Crippen LogP contribution in [0.15, 0.2) is 53.3 Å². The van der Waals surface area contributed by atoms with Crippen molar-refractivity contribution in [1.82, 2.24) is 9.47 Å². The standard InChI is InChI=1S/C39H55Cl2N3O5/c1-2-3-4-5-6-7-8-9-10-11-12-14-29-48-39(46)49-31-44-36-30-33(21-19-32(36)20-22-37(44)45)47-28-15-13-23-42-24-26-43(27-25-42)35-18-16-17-34(40)38(35)41/h16-22,30H,2-15,23-29,31H2,1H3. The van der Waals surface area contributed by atoms with Crippen LogP contribution < -0.4 is 15.2 Å². The van der Waals surface area contributed by atoms with Gasteiger partial charge < -0.3 is 19.1 Å². The number of carbonyl (C=O) groups excluding carboxylic acids is 1. The zero-order valence-corrected chi connectivity index (χ0v) is 30.8. The number of carbonyl (C=O) groups is 1. The Morgan fingerprint density at radius 1 is 0.735 bits per heavy atom. The molecule has 0 unspecified atom stereocenters. The molecule has 0 radical (unpaired) electrons. The highest BCUT2D eigenvalue weighted by molar-refractivity contribution is 6.43. The number of piperazine rings is 1. The summed E-state index contributed by atoms with van der Waals surface area (Å²) in [5.74, 6) is 0.674. The minimum atomic E-state index is -0.756. The third-order valence-corrected chi connectivity index (χ3v) is 10.1. The molecule has 0 N–H and O–H groups in total. The van der Waals surface area contributed by atoms with E-state index in [-0.39, 0.29) is 12.3 Å². The Labute approximate surface area is 302 Å². The largest absolute Gasteiger partial charge is 0.510 e. The van der Waals surface area contributed by atoms with Crippen LogP contribution in [0, 0.1) is 0 Å².